The standard InChI is InChI=1S/C22H36O4/c1-6-8-11-17-25-21(23)13-9-10-14-22(24)26-20(16-15-18(3)4)19(5)12-7-2/h19-20H,3,6-14,17H2,1-2,4-5H3. The van der Waals surface area contributed by atoms with E-state index in [0.29, 0.717) is 32.3 Å². The Labute approximate surface area is 159 Å². The number of esters is 2. The van der Waals surface area contributed by atoms with Crippen molar-refractivity contribution in [3.8, 4) is 11.8 Å². The van der Waals surface area contributed by atoms with Crippen molar-refractivity contribution in [3.63, 3.8) is 0 Å². The van der Waals surface area contributed by atoms with Crippen molar-refractivity contribution >= 4 is 11.9 Å². The molecule has 2 unspecified atom stereocenters. The minimum absolute atomic E-state index is 0.184. The van der Waals surface area contributed by atoms with Gasteiger partial charge in [0, 0.05) is 18.8 Å². The van der Waals surface area contributed by atoms with Gasteiger partial charge in [0.1, 0.15) is 0 Å². The Balaban J connectivity index is 4.14. The van der Waals surface area contributed by atoms with Gasteiger partial charge in [0.15, 0.2) is 6.10 Å². The van der Waals surface area contributed by atoms with Gasteiger partial charge < -0.3 is 9.47 Å². The number of hydrogen-bond acceptors (Lipinski definition) is 4. The second-order valence-corrected chi connectivity index (χ2v) is 6.86. The minimum atomic E-state index is -0.400. The van der Waals surface area contributed by atoms with Crippen molar-refractivity contribution < 1.29 is 19.1 Å². The number of allylic oxidation sites excluding steroid dienone is 1. The van der Waals surface area contributed by atoms with Crippen LogP contribution in [-0.4, -0.2) is 24.6 Å². The molecular formula is C22H36O4. The molecule has 0 aromatic carbocycles. The maximum Gasteiger partial charge on any atom is 0.307 e. The minimum Gasteiger partial charge on any atom is -0.466 e. The molecule has 0 saturated heterocycles. The lowest BCUT2D eigenvalue weighted by atomic mass is 9.99. The van der Waals surface area contributed by atoms with Gasteiger partial charge in [-0.15, -0.1) is 0 Å². The average molecular weight is 365 g/mol. The molecule has 0 heterocycles. The second-order valence-electron chi connectivity index (χ2n) is 6.86. The smallest absolute Gasteiger partial charge is 0.307 e. The summed E-state index contributed by atoms with van der Waals surface area (Å²) in [5.74, 6) is 5.67. The molecule has 26 heavy (non-hydrogen) atoms. The Morgan fingerprint density at radius 3 is 2.23 bits per heavy atom. The lowest BCUT2D eigenvalue weighted by Crippen LogP contribution is -2.24. The largest absolute Gasteiger partial charge is 0.466 e. The van der Waals surface area contributed by atoms with Crippen LogP contribution in [0.3, 0.4) is 0 Å². The van der Waals surface area contributed by atoms with Gasteiger partial charge in [0.2, 0.25) is 0 Å². The van der Waals surface area contributed by atoms with Crippen molar-refractivity contribution in [1.29, 1.82) is 0 Å². The first-order valence-electron chi connectivity index (χ1n) is 9.92. The van der Waals surface area contributed by atoms with Gasteiger partial charge in [0.25, 0.3) is 0 Å². The molecule has 0 aliphatic carbocycles. The van der Waals surface area contributed by atoms with Gasteiger partial charge >= 0.3 is 11.9 Å². The number of rotatable bonds is 13. The molecule has 0 aromatic heterocycles. The first kappa shape index (κ1) is 24.2. The number of carbonyl (C=O) groups is 2. The van der Waals surface area contributed by atoms with Crippen LogP contribution in [0.5, 0.6) is 0 Å². The quantitative estimate of drug-likeness (QED) is 0.256. The lowest BCUT2D eigenvalue weighted by molar-refractivity contribution is -0.149. The highest BCUT2D eigenvalue weighted by Gasteiger charge is 2.19. The van der Waals surface area contributed by atoms with E-state index in [1.54, 1.807) is 0 Å². The van der Waals surface area contributed by atoms with Crippen LogP contribution in [0, 0.1) is 17.8 Å². The SMILES string of the molecule is C=C(C)C#CC(OC(=O)CCCCC(=O)OCCCCC)C(C)CCC. The van der Waals surface area contributed by atoms with E-state index in [0.717, 1.165) is 37.7 Å². The molecule has 4 heteroatoms. The van der Waals surface area contributed by atoms with Gasteiger partial charge in [-0.25, -0.2) is 0 Å². The molecule has 0 fully saturated rings. The highest BCUT2D eigenvalue weighted by atomic mass is 16.5. The molecule has 148 valence electrons. The maximum absolute atomic E-state index is 12.1. The summed E-state index contributed by atoms with van der Waals surface area (Å²) in [5.41, 5.74) is 0.757. The van der Waals surface area contributed by atoms with Crippen molar-refractivity contribution in [3.05, 3.63) is 12.2 Å². The van der Waals surface area contributed by atoms with Crippen LogP contribution in [0.4, 0.5) is 0 Å². The third-order valence-electron chi connectivity index (χ3n) is 3.97. The van der Waals surface area contributed by atoms with E-state index in [9.17, 15) is 9.59 Å². The lowest BCUT2D eigenvalue weighted by Gasteiger charge is -2.19. The summed E-state index contributed by atoms with van der Waals surface area (Å²) in [6.07, 6.45) is 6.56. The van der Waals surface area contributed by atoms with Crippen molar-refractivity contribution in [2.45, 2.75) is 91.6 Å². The summed E-state index contributed by atoms with van der Waals surface area (Å²) in [5, 5.41) is 0. The van der Waals surface area contributed by atoms with E-state index in [1.165, 1.54) is 0 Å². The second kappa shape index (κ2) is 15.5. The van der Waals surface area contributed by atoms with Gasteiger partial charge in [-0.3, -0.25) is 9.59 Å². The Hall–Kier alpha value is -1.76. The summed E-state index contributed by atoms with van der Waals surface area (Å²) < 4.78 is 10.7. The van der Waals surface area contributed by atoms with Gasteiger partial charge in [0.05, 0.1) is 6.61 Å². The van der Waals surface area contributed by atoms with Crippen LogP contribution in [0.15, 0.2) is 12.2 Å². The van der Waals surface area contributed by atoms with Crippen molar-refractivity contribution in [2.75, 3.05) is 6.61 Å². The van der Waals surface area contributed by atoms with Crippen molar-refractivity contribution in [2.24, 2.45) is 5.92 Å². The van der Waals surface area contributed by atoms with E-state index in [2.05, 4.69) is 32.3 Å². The monoisotopic (exact) mass is 364 g/mol. The maximum atomic E-state index is 12.1. The Bertz CT molecular complexity index is 484. The normalized spacial score (nSPS) is 12.5. The van der Waals surface area contributed by atoms with E-state index in [-0.39, 0.29) is 17.9 Å². The Morgan fingerprint density at radius 2 is 1.65 bits per heavy atom. The predicted octanol–water partition coefficient (Wildman–Crippen LogP) is 5.21. The number of unbranched alkanes of at least 4 members (excludes halogenated alkanes) is 3. The molecule has 0 amide bonds. The Kier molecular flexibility index (Phi) is 14.4. The van der Waals surface area contributed by atoms with Crippen LogP contribution in [0.25, 0.3) is 0 Å². The van der Waals surface area contributed by atoms with Crippen LogP contribution in [0.1, 0.15) is 85.5 Å². The molecule has 0 aliphatic rings. The van der Waals surface area contributed by atoms with Crippen LogP contribution < -0.4 is 0 Å². The molecule has 2 atom stereocenters. The molecule has 4 nitrogen and oxygen atoms in total. The van der Waals surface area contributed by atoms with E-state index >= 15 is 0 Å². The van der Waals surface area contributed by atoms with Crippen LogP contribution in [0.2, 0.25) is 0 Å². The fourth-order valence-corrected chi connectivity index (χ4v) is 2.44. The molecule has 0 aromatic rings. The Morgan fingerprint density at radius 1 is 1.00 bits per heavy atom. The highest BCUT2D eigenvalue weighted by Crippen LogP contribution is 2.15. The van der Waals surface area contributed by atoms with Crippen LogP contribution >= 0.6 is 0 Å². The van der Waals surface area contributed by atoms with Gasteiger partial charge in [-0.1, -0.05) is 58.5 Å². The summed E-state index contributed by atoms with van der Waals surface area (Å²) in [6.45, 7) is 12.3. The average Bonchev–Trinajstić information content (AvgIpc) is 2.59. The number of hydrogen-bond donors (Lipinski definition) is 0. The first-order chi connectivity index (χ1) is 12.4. The third-order valence-corrected chi connectivity index (χ3v) is 3.97. The number of ether oxygens (including phenoxy) is 2. The zero-order valence-corrected chi connectivity index (χ0v) is 17.1. The predicted molar refractivity (Wildman–Crippen MR) is 105 cm³/mol. The summed E-state index contributed by atoms with van der Waals surface area (Å²) in [7, 11) is 0. The molecule has 0 bridgehead atoms. The zero-order chi connectivity index (χ0) is 19.8. The van der Waals surface area contributed by atoms with Gasteiger partial charge in [-0.2, -0.15) is 0 Å². The zero-order valence-electron chi connectivity index (χ0n) is 17.1. The topological polar surface area (TPSA) is 52.6 Å². The highest BCUT2D eigenvalue weighted by molar-refractivity contribution is 5.71. The van der Waals surface area contributed by atoms with Crippen molar-refractivity contribution in [1.82, 2.24) is 0 Å². The van der Waals surface area contributed by atoms with Gasteiger partial charge in [-0.05, 0) is 38.2 Å². The fraction of sp³-hybridized carbons (Fsp3) is 0.727. The summed E-state index contributed by atoms with van der Waals surface area (Å²) in [4.78, 5) is 23.6. The summed E-state index contributed by atoms with van der Waals surface area (Å²) in [6, 6.07) is 0. The molecule has 0 rings (SSSR count). The molecule has 0 saturated carbocycles. The molecule has 0 N–H and O–H groups in total. The molecule has 0 radical (unpaired) electrons. The third kappa shape index (κ3) is 13.5. The van der Waals surface area contributed by atoms with E-state index < -0.39 is 6.10 Å². The summed E-state index contributed by atoms with van der Waals surface area (Å²) >= 11 is 0. The fourth-order valence-electron chi connectivity index (χ4n) is 2.44. The number of carbonyl (C=O) groups excluding carboxylic acids is 2. The van der Waals surface area contributed by atoms with Crippen LogP contribution in [-0.2, 0) is 19.1 Å². The molecule has 0 aliphatic heterocycles. The molecular weight excluding hydrogens is 328 g/mol. The first-order valence-corrected chi connectivity index (χ1v) is 9.92. The molecule has 0 spiro atoms. The van der Waals surface area contributed by atoms with E-state index in [4.69, 9.17) is 9.47 Å². The van der Waals surface area contributed by atoms with E-state index in [1.807, 2.05) is 13.8 Å².